The number of hydrogen-bond donors (Lipinski definition) is 2. The van der Waals surface area contributed by atoms with Gasteiger partial charge in [0.05, 0.1) is 18.3 Å². The van der Waals surface area contributed by atoms with Gasteiger partial charge in [-0.15, -0.1) is 11.3 Å². The van der Waals surface area contributed by atoms with Gasteiger partial charge in [-0.25, -0.2) is 23.0 Å². The van der Waals surface area contributed by atoms with Crippen LogP contribution in [0.15, 0.2) is 59.6 Å². The highest BCUT2D eigenvalue weighted by atomic mass is 32.2. The number of piperidine rings is 1. The number of ether oxygens (including phenoxy) is 1. The van der Waals surface area contributed by atoms with Crippen LogP contribution in [0.5, 0.6) is 0 Å². The van der Waals surface area contributed by atoms with E-state index < -0.39 is 51.7 Å². The average molecular weight is 738 g/mol. The summed E-state index contributed by atoms with van der Waals surface area (Å²) in [5, 5.41) is 13.2. The third kappa shape index (κ3) is 8.23. The van der Waals surface area contributed by atoms with Crippen LogP contribution in [0.2, 0.25) is 0 Å². The zero-order chi connectivity index (χ0) is 36.6. The molecule has 0 bridgehead atoms. The van der Waals surface area contributed by atoms with Crippen molar-refractivity contribution in [3.05, 3.63) is 59.6 Å². The second-order valence-electron chi connectivity index (χ2n) is 15.0. The van der Waals surface area contributed by atoms with E-state index in [9.17, 15) is 27.9 Å². The van der Waals surface area contributed by atoms with Crippen LogP contribution in [0, 0.1) is 5.92 Å². The molecule has 6 rings (SSSR count). The molecule has 2 saturated heterocycles. The molecule has 274 valence electrons. The predicted octanol–water partition coefficient (Wildman–Crippen LogP) is 6.38. The number of amides is 2. The Morgan fingerprint density at radius 3 is 2.33 bits per heavy atom. The van der Waals surface area contributed by atoms with Gasteiger partial charge in [0, 0.05) is 36.2 Å². The first-order valence-electron chi connectivity index (χ1n) is 17.6. The number of nitrogens with zero attached hydrogens (tertiary/aromatic N) is 4. The molecule has 1 aromatic carbocycles. The molecule has 14 heteroatoms. The van der Waals surface area contributed by atoms with Crippen LogP contribution in [-0.4, -0.2) is 84.1 Å². The standard InChI is InChI=1S/C37H47N5O7S2/c1-36(2,3)49-35(46)39-37(4)17-19-40(20-18-37)31-16-15-27(22-38-31)51(47,48)41-23-29(25-11-7-5-8-12-25)42(32(43)24-41)28-21-30(50-33(28)34(44)45)26-13-9-6-10-14-26/h6,9-10,13-16,21-22,25,29H,5,7-8,11-12,17-20,23-24H2,1-4H3,(H,39,46)(H,44,45)/t29-/m0/s1. The lowest BCUT2D eigenvalue weighted by atomic mass is 9.82. The molecular formula is C37H47N5O7S2. The summed E-state index contributed by atoms with van der Waals surface area (Å²) in [4.78, 5) is 47.9. The minimum atomic E-state index is -4.10. The molecular weight excluding hydrogens is 691 g/mol. The molecule has 2 aliphatic heterocycles. The van der Waals surface area contributed by atoms with Crippen molar-refractivity contribution in [2.75, 3.05) is 36.0 Å². The Hall–Kier alpha value is -4.01. The number of carbonyl (C=O) groups is 3. The van der Waals surface area contributed by atoms with E-state index in [1.165, 1.54) is 16.6 Å². The second kappa shape index (κ2) is 14.5. The Bertz CT molecular complexity index is 1840. The molecule has 3 fully saturated rings. The molecule has 1 atom stereocenters. The summed E-state index contributed by atoms with van der Waals surface area (Å²) in [5.74, 6) is -0.910. The Morgan fingerprint density at radius 2 is 1.73 bits per heavy atom. The fourth-order valence-corrected chi connectivity index (χ4v) is 9.71. The molecule has 51 heavy (non-hydrogen) atoms. The number of alkyl carbamates (subject to hydrolysis) is 1. The third-order valence-electron chi connectivity index (χ3n) is 10.1. The number of anilines is 2. The first kappa shape index (κ1) is 36.8. The van der Waals surface area contributed by atoms with Gasteiger partial charge in [0.25, 0.3) is 0 Å². The summed E-state index contributed by atoms with van der Waals surface area (Å²) in [6, 6.07) is 13.9. The number of benzene rings is 1. The maximum Gasteiger partial charge on any atom is 0.408 e. The lowest BCUT2D eigenvalue weighted by Crippen LogP contribution is -2.60. The second-order valence-corrected chi connectivity index (χ2v) is 18.0. The van der Waals surface area contributed by atoms with E-state index in [1.807, 2.05) is 58.0 Å². The summed E-state index contributed by atoms with van der Waals surface area (Å²) < 4.78 is 34.9. The van der Waals surface area contributed by atoms with E-state index >= 15 is 0 Å². The monoisotopic (exact) mass is 737 g/mol. The first-order chi connectivity index (χ1) is 24.1. The van der Waals surface area contributed by atoms with Crippen molar-refractivity contribution in [3.63, 3.8) is 0 Å². The van der Waals surface area contributed by atoms with Gasteiger partial charge in [0.1, 0.15) is 21.2 Å². The lowest BCUT2D eigenvalue weighted by Gasteiger charge is -2.44. The fourth-order valence-electron chi connectivity index (χ4n) is 7.37. The molecule has 3 aliphatic rings. The molecule has 4 heterocycles. The van der Waals surface area contributed by atoms with Crippen molar-refractivity contribution in [1.29, 1.82) is 0 Å². The minimum Gasteiger partial charge on any atom is -0.477 e. The summed E-state index contributed by atoms with van der Waals surface area (Å²) in [7, 11) is -4.10. The summed E-state index contributed by atoms with van der Waals surface area (Å²) in [6.45, 7) is 8.33. The van der Waals surface area contributed by atoms with E-state index in [2.05, 4.69) is 15.2 Å². The van der Waals surface area contributed by atoms with Crippen LogP contribution in [0.3, 0.4) is 0 Å². The van der Waals surface area contributed by atoms with Crippen LogP contribution < -0.4 is 15.1 Å². The number of thiophene rings is 1. The van der Waals surface area contributed by atoms with E-state index in [4.69, 9.17) is 4.74 Å². The lowest BCUT2D eigenvalue weighted by molar-refractivity contribution is -0.121. The van der Waals surface area contributed by atoms with Crippen molar-refractivity contribution >= 4 is 50.8 Å². The first-order valence-corrected chi connectivity index (χ1v) is 19.9. The zero-order valence-corrected chi connectivity index (χ0v) is 31.3. The molecule has 0 spiro atoms. The largest absolute Gasteiger partial charge is 0.477 e. The molecule has 12 nitrogen and oxygen atoms in total. The third-order valence-corrected chi connectivity index (χ3v) is 13.0. The van der Waals surface area contributed by atoms with Gasteiger partial charge in [0.2, 0.25) is 15.9 Å². The van der Waals surface area contributed by atoms with Gasteiger partial charge in [0.15, 0.2) is 0 Å². The Labute approximate surface area is 303 Å². The highest BCUT2D eigenvalue weighted by molar-refractivity contribution is 7.89. The number of hydrogen-bond acceptors (Lipinski definition) is 9. The van der Waals surface area contributed by atoms with Crippen LogP contribution >= 0.6 is 11.3 Å². The maximum absolute atomic E-state index is 14.1. The minimum absolute atomic E-state index is 0.00328. The van der Waals surface area contributed by atoms with E-state index in [0.717, 1.165) is 53.9 Å². The van der Waals surface area contributed by atoms with Gasteiger partial charge in [-0.05, 0) is 83.1 Å². The van der Waals surface area contributed by atoms with Crippen molar-refractivity contribution in [3.8, 4) is 10.4 Å². The van der Waals surface area contributed by atoms with Crippen molar-refractivity contribution < 1.29 is 32.6 Å². The Balaban J connectivity index is 1.20. The van der Waals surface area contributed by atoms with Gasteiger partial charge in [-0.2, -0.15) is 4.31 Å². The zero-order valence-electron chi connectivity index (χ0n) is 29.6. The van der Waals surface area contributed by atoms with Crippen LogP contribution in [-0.2, 0) is 19.6 Å². The molecule has 2 N–H and O–H groups in total. The number of sulfonamides is 1. The van der Waals surface area contributed by atoms with Crippen LogP contribution in [0.25, 0.3) is 10.4 Å². The Morgan fingerprint density at radius 1 is 1.04 bits per heavy atom. The highest BCUT2D eigenvalue weighted by Gasteiger charge is 2.44. The summed E-state index contributed by atoms with van der Waals surface area (Å²) >= 11 is 1.12. The van der Waals surface area contributed by atoms with Crippen LogP contribution in [0.4, 0.5) is 16.3 Å². The number of nitrogens with one attached hydrogen (secondary N) is 1. The van der Waals surface area contributed by atoms with Crippen molar-refractivity contribution in [1.82, 2.24) is 14.6 Å². The SMILES string of the molecule is CC1(NC(=O)OC(C)(C)C)CCN(c2ccc(S(=O)(=O)N3CC(=O)N(c4cc(-c5ccccc5)sc4C(=O)O)[C@H](C4CCCCC4)C3)cn2)CC1. The van der Waals surface area contributed by atoms with E-state index in [0.29, 0.717) is 37.4 Å². The highest BCUT2D eigenvalue weighted by Crippen LogP contribution is 2.42. The van der Waals surface area contributed by atoms with Crippen molar-refractivity contribution in [2.45, 2.75) is 94.7 Å². The number of carbonyl (C=O) groups excluding carboxylic acids is 2. The molecule has 0 radical (unpaired) electrons. The van der Waals surface area contributed by atoms with Gasteiger partial charge >= 0.3 is 12.1 Å². The van der Waals surface area contributed by atoms with E-state index in [-0.39, 0.29) is 22.2 Å². The summed E-state index contributed by atoms with van der Waals surface area (Å²) in [6.07, 6.45) is 6.88. The molecule has 1 saturated carbocycles. The molecule has 0 unspecified atom stereocenters. The number of rotatable bonds is 8. The molecule has 1 aliphatic carbocycles. The number of aromatic carboxylic acids is 1. The number of aromatic nitrogens is 1. The number of piperazine rings is 1. The maximum atomic E-state index is 14.1. The van der Waals surface area contributed by atoms with Crippen LogP contribution in [0.1, 0.15) is 82.3 Å². The number of carboxylic acid groups (broad SMARTS) is 1. The molecule has 2 amide bonds. The topological polar surface area (TPSA) is 149 Å². The van der Waals surface area contributed by atoms with E-state index in [1.54, 1.807) is 17.0 Å². The predicted molar refractivity (Wildman–Crippen MR) is 197 cm³/mol. The number of carboxylic acids is 1. The van der Waals surface area contributed by atoms with Gasteiger partial charge in [-0.3, -0.25) is 4.79 Å². The van der Waals surface area contributed by atoms with Crippen molar-refractivity contribution in [2.24, 2.45) is 5.92 Å². The van der Waals surface area contributed by atoms with Gasteiger partial charge < -0.3 is 25.0 Å². The molecule has 2 aromatic heterocycles. The number of pyridine rings is 1. The Kier molecular flexibility index (Phi) is 10.5. The smallest absolute Gasteiger partial charge is 0.408 e. The fraction of sp³-hybridized carbons (Fsp3) is 0.514. The normalized spacial score (nSPS) is 20.6. The quantitative estimate of drug-likeness (QED) is 0.269. The summed E-state index contributed by atoms with van der Waals surface area (Å²) in [5.41, 5.74) is 0.147. The average Bonchev–Trinajstić information content (AvgIpc) is 3.54. The van der Waals surface area contributed by atoms with Gasteiger partial charge in [-0.1, -0.05) is 49.6 Å². The molecule has 3 aromatic rings.